The van der Waals surface area contributed by atoms with Crippen LogP contribution >= 0.6 is 0 Å². The molecule has 0 atom stereocenters. The number of nitrogens with zero attached hydrogens (tertiary/aromatic N) is 4. The van der Waals surface area contributed by atoms with Crippen molar-refractivity contribution in [2.45, 2.75) is 5.51 Å². The molecule has 0 aliphatic rings. The van der Waals surface area contributed by atoms with Gasteiger partial charge in [-0.1, -0.05) is 28.5 Å². The van der Waals surface area contributed by atoms with Gasteiger partial charge in [0.2, 0.25) is 0 Å². The van der Waals surface area contributed by atoms with E-state index >= 15 is 0 Å². The van der Waals surface area contributed by atoms with Crippen molar-refractivity contribution in [3.05, 3.63) is 35.4 Å². The topological polar surface area (TPSA) is 136 Å². The van der Waals surface area contributed by atoms with Gasteiger partial charge in [0.1, 0.15) is 12.1 Å². The molecule has 0 aliphatic heterocycles. The summed E-state index contributed by atoms with van der Waals surface area (Å²) in [6.07, 6.45) is 0. The lowest BCUT2D eigenvalue weighted by Crippen LogP contribution is -2.24. The van der Waals surface area contributed by atoms with Crippen molar-refractivity contribution < 1.29 is 31.1 Å². The molecular formula is C11H5F3N4O4S. The molecule has 1 aromatic rings. The maximum atomic E-state index is 12.1. The van der Waals surface area contributed by atoms with Crippen LogP contribution in [0.1, 0.15) is 11.1 Å². The van der Waals surface area contributed by atoms with Crippen molar-refractivity contribution in [3.63, 3.8) is 0 Å². The molecule has 0 spiro atoms. The van der Waals surface area contributed by atoms with Crippen molar-refractivity contribution in [3.8, 4) is 12.1 Å². The van der Waals surface area contributed by atoms with Crippen LogP contribution < -0.4 is 0 Å². The molecule has 120 valence electrons. The fraction of sp³-hybridized carbons (Fsp3) is 0.0909. The first kappa shape index (κ1) is 17.9. The third-order valence-corrected chi connectivity index (χ3v) is 3.07. The highest BCUT2D eigenvalue weighted by Crippen LogP contribution is 2.24. The minimum absolute atomic E-state index is 0.0223. The summed E-state index contributed by atoms with van der Waals surface area (Å²) in [6.45, 7) is 0. The summed E-state index contributed by atoms with van der Waals surface area (Å²) in [7, 11) is -6.00. The minimum Gasteiger partial charge on any atom is -0.410 e. The fourth-order valence-corrected chi connectivity index (χ4v) is 1.48. The second-order valence-corrected chi connectivity index (χ2v) is 5.19. The number of nitriles is 2. The number of hydrogen-bond donors (Lipinski definition) is 1. The van der Waals surface area contributed by atoms with Gasteiger partial charge in [-0.25, -0.2) is 0 Å². The Balaban J connectivity index is 3.24. The Hall–Kier alpha value is -3.12. The highest BCUT2D eigenvalue weighted by Gasteiger charge is 2.49. The molecule has 1 N–H and O–H groups in total. The molecule has 12 heteroatoms. The van der Waals surface area contributed by atoms with E-state index in [0.717, 1.165) is 6.07 Å². The zero-order valence-corrected chi connectivity index (χ0v) is 11.6. The van der Waals surface area contributed by atoms with E-state index in [1.54, 1.807) is 0 Å². The lowest BCUT2D eigenvalue weighted by Gasteiger charge is -2.05. The lowest BCUT2D eigenvalue weighted by molar-refractivity contribution is -0.0540. The molecule has 0 bridgehead atoms. The molecule has 0 saturated heterocycles. The summed E-state index contributed by atoms with van der Waals surface area (Å²) in [5.41, 5.74) is -7.06. The molecule has 0 unspecified atom stereocenters. The van der Waals surface area contributed by atoms with Gasteiger partial charge in [0.15, 0.2) is 11.4 Å². The SMILES string of the molecule is N#CC(=NO)c1cccc(C(C#N)=NOS(=O)(=O)C(F)(F)F)c1. The van der Waals surface area contributed by atoms with Crippen LogP contribution in [0.15, 0.2) is 34.6 Å². The van der Waals surface area contributed by atoms with Gasteiger partial charge in [0.05, 0.1) is 0 Å². The second kappa shape index (κ2) is 6.76. The summed E-state index contributed by atoms with van der Waals surface area (Å²) >= 11 is 0. The molecule has 1 rings (SSSR count). The molecule has 23 heavy (non-hydrogen) atoms. The van der Waals surface area contributed by atoms with Crippen molar-refractivity contribution in [1.29, 1.82) is 10.5 Å². The third-order valence-electron chi connectivity index (χ3n) is 2.23. The normalized spacial score (nSPS) is 13.1. The molecule has 0 amide bonds. The average Bonchev–Trinajstić information content (AvgIpc) is 2.48. The number of alkyl halides is 3. The first-order valence-electron chi connectivity index (χ1n) is 5.37. The summed E-state index contributed by atoms with van der Waals surface area (Å²) in [5.74, 6) is 0. The molecular weight excluding hydrogens is 341 g/mol. The van der Waals surface area contributed by atoms with Gasteiger partial charge in [0.25, 0.3) is 0 Å². The van der Waals surface area contributed by atoms with Crippen LogP contribution in [0.25, 0.3) is 0 Å². The minimum atomic E-state index is -6.00. The Labute approximate surface area is 127 Å². The molecule has 0 aromatic heterocycles. The van der Waals surface area contributed by atoms with Crippen molar-refractivity contribution in [2.75, 3.05) is 0 Å². The highest BCUT2D eigenvalue weighted by molar-refractivity contribution is 7.87. The van der Waals surface area contributed by atoms with E-state index in [-0.39, 0.29) is 11.1 Å². The van der Waals surface area contributed by atoms with E-state index in [2.05, 4.69) is 14.6 Å². The van der Waals surface area contributed by atoms with Gasteiger partial charge in [-0.2, -0.15) is 32.1 Å². The van der Waals surface area contributed by atoms with E-state index in [4.69, 9.17) is 15.7 Å². The van der Waals surface area contributed by atoms with E-state index in [0.29, 0.717) is 0 Å². The molecule has 0 saturated carbocycles. The maximum absolute atomic E-state index is 12.1. The van der Waals surface area contributed by atoms with Gasteiger partial charge >= 0.3 is 15.6 Å². The Morgan fingerprint density at radius 3 is 2.13 bits per heavy atom. The van der Waals surface area contributed by atoms with Crippen LogP contribution in [0, 0.1) is 22.7 Å². The molecule has 0 heterocycles. The van der Waals surface area contributed by atoms with Gasteiger partial charge in [0, 0.05) is 11.1 Å². The van der Waals surface area contributed by atoms with E-state index in [9.17, 15) is 21.6 Å². The number of oxime groups is 2. The smallest absolute Gasteiger partial charge is 0.410 e. The van der Waals surface area contributed by atoms with Crippen molar-refractivity contribution in [1.82, 2.24) is 0 Å². The molecule has 1 aromatic carbocycles. The first-order valence-corrected chi connectivity index (χ1v) is 6.78. The molecule has 0 radical (unpaired) electrons. The summed E-state index contributed by atoms with van der Waals surface area (Å²) in [4.78, 5) is 0. The van der Waals surface area contributed by atoms with Gasteiger partial charge < -0.3 is 5.21 Å². The number of halogens is 3. The Bertz CT molecular complexity index is 847. The molecule has 0 aliphatic carbocycles. The zero-order chi connectivity index (χ0) is 17.7. The Morgan fingerprint density at radius 2 is 1.70 bits per heavy atom. The maximum Gasteiger partial charge on any atom is 0.536 e. The Morgan fingerprint density at radius 1 is 1.17 bits per heavy atom. The number of benzene rings is 1. The number of rotatable bonds is 4. The number of hydrogen-bond acceptors (Lipinski definition) is 8. The zero-order valence-electron chi connectivity index (χ0n) is 10.8. The summed E-state index contributed by atoms with van der Waals surface area (Å²) < 4.78 is 61.2. The van der Waals surface area contributed by atoms with Crippen LogP contribution in [0.5, 0.6) is 0 Å². The van der Waals surface area contributed by atoms with E-state index in [1.165, 1.54) is 30.3 Å². The van der Waals surface area contributed by atoms with Crippen molar-refractivity contribution >= 4 is 21.5 Å². The third kappa shape index (κ3) is 4.18. The Kier molecular flexibility index (Phi) is 5.27. The first-order chi connectivity index (χ1) is 10.7. The lowest BCUT2D eigenvalue weighted by atomic mass is 10.0. The van der Waals surface area contributed by atoms with E-state index < -0.39 is 27.0 Å². The summed E-state index contributed by atoms with van der Waals surface area (Å²) in [6, 6.07) is 7.74. The predicted octanol–water partition coefficient (Wildman–Crippen LogP) is 1.48. The predicted molar refractivity (Wildman–Crippen MR) is 68.6 cm³/mol. The average molecular weight is 346 g/mol. The summed E-state index contributed by atoms with van der Waals surface area (Å²) in [5, 5.41) is 31.5. The van der Waals surface area contributed by atoms with Crippen LogP contribution in [0.2, 0.25) is 0 Å². The quantitative estimate of drug-likeness (QED) is 0.379. The second-order valence-electron chi connectivity index (χ2n) is 3.67. The van der Waals surface area contributed by atoms with Crippen molar-refractivity contribution in [2.24, 2.45) is 10.3 Å². The highest BCUT2D eigenvalue weighted by atomic mass is 32.2. The van der Waals surface area contributed by atoms with Gasteiger partial charge in [-0.3, -0.25) is 4.28 Å². The van der Waals surface area contributed by atoms with Gasteiger partial charge in [-0.15, -0.1) is 0 Å². The van der Waals surface area contributed by atoms with Gasteiger partial charge in [-0.05, 0) is 6.07 Å². The van der Waals surface area contributed by atoms with Crippen LogP contribution in [0.4, 0.5) is 13.2 Å². The van der Waals surface area contributed by atoms with E-state index in [1.807, 2.05) is 0 Å². The van der Waals surface area contributed by atoms with Crippen LogP contribution in [0.3, 0.4) is 0 Å². The van der Waals surface area contributed by atoms with Crippen LogP contribution in [-0.4, -0.2) is 30.6 Å². The largest absolute Gasteiger partial charge is 0.536 e. The molecule has 8 nitrogen and oxygen atoms in total. The van der Waals surface area contributed by atoms with Crippen LogP contribution in [-0.2, 0) is 14.4 Å². The fourth-order valence-electron chi connectivity index (χ4n) is 1.22. The standard InChI is InChI=1S/C11H5F3N4O4S/c12-11(13,14)23(20,21)22-18-10(6-16)8-3-1-2-7(4-8)9(5-15)17-19/h1-4,19H. The monoisotopic (exact) mass is 346 g/mol. The molecule has 0 fully saturated rings.